The van der Waals surface area contributed by atoms with E-state index in [0.717, 1.165) is 28.2 Å². The van der Waals surface area contributed by atoms with Crippen LogP contribution < -0.4 is 15.8 Å². The van der Waals surface area contributed by atoms with Crippen molar-refractivity contribution < 1.29 is 27.9 Å². The van der Waals surface area contributed by atoms with Crippen molar-refractivity contribution in [3.05, 3.63) is 93.1 Å². The van der Waals surface area contributed by atoms with Gasteiger partial charge >= 0.3 is 6.18 Å². The van der Waals surface area contributed by atoms with E-state index in [2.05, 4.69) is 30.5 Å². The highest BCUT2D eigenvalue weighted by atomic mass is 35.5. The number of alkyl halides is 3. The molecule has 7 rings (SSSR count). The van der Waals surface area contributed by atoms with E-state index in [-0.39, 0.29) is 77.7 Å². The lowest BCUT2D eigenvalue weighted by Gasteiger charge is -2.36. The van der Waals surface area contributed by atoms with Crippen LogP contribution in [-0.4, -0.2) is 86.7 Å². The molecule has 52 heavy (non-hydrogen) atoms. The summed E-state index contributed by atoms with van der Waals surface area (Å²) in [6.07, 6.45) is 0.198. The minimum Gasteiger partial charge on any atom is -0.504 e. The molecule has 1 fully saturated rings. The lowest BCUT2D eigenvalue weighted by molar-refractivity contribution is -0.137. The number of halogens is 4. The van der Waals surface area contributed by atoms with Gasteiger partial charge in [-0.15, -0.1) is 5.10 Å². The highest BCUT2D eigenvalue weighted by Gasteiger charge is 2.32. The number of hydrogen-bond donors (Lipinski definition) is 2. The Kier molecular flexibility index (Phi) is 8.77. The van der Waals surface area contributed by atoms with Crippen molar-refractivity contribution in [1.82, 2.24) is 43.6 Å². The van der Waals surface area contributed by atoms with Gasteiger partial charge in [-0.05, 0) is 49.7 Å². The Bertz CT molecular complexity index is 2430. The lowest BCUT2D eigenvalue weighted by Crippen LogP contribution is -2.51. The molecule has 6 heterocycles. The summed E-state index contributed by atoms with van der Waals surface area (Å²) in [4.78, 5) is 56.9. The van der Waals surface area contributed by atoms with Crippen LogP contribution in [0.4, 0.5) is 24.5 Å². The molecule has 6 aromatic rings. The van der Waals surface area contributed by atoms with E-state index in [4.69, 9.17) is 11.6 Å². The summed E-state index contributed by atoms with van der Waals surface area (Å²) in [6, 6.07) is 7.93. The number of rotatable bonds is 7. The summed E-state index contributed by atoms with van der Waals surface area (Å²) in [7, 11) is 0. The maximum Gasteiger partial charge on any atom is 0.416 e. The molecule has 0 spiro atoms. The summed E-state index contributed by atoms with van der Waals surface area (Å²) in [5.74, 6) is -1.17. The second kappa shape index (κ2) is 13.3. The lowest BCUT2D eigenvalue weighted by atomic mass is 10.2. The molecule has 0 unspecified atom stereocenters. The molecule has 19 heteroatoms. The largest absolute Gasteiger partial charge is 0.504 e. The first-order valence-electron chi connectivity index (χ1n) is 16.0. The van der Waals surface area contributed by atoms with Crippen LogP contribution in [0.3, 0.4) is 0 Å². The summed E-state index contributed by atoms with van der Waals surface area (Å²) < 4.78 is 44.0. The maximum absolute atomic E-state index is 14.3. The molecule has 15 nitrogen and oxygen atoms in total. The number of fused-ring (bicyclic) bond motifs is 2. The Hall–Kier alpha value is -6.04. The molecule has 5 aromatic heterocycles. The van der Waals surface area contributed by atoms with Gasteiger partial charge < -0.3 is 24.8 Å². The van der Waals surface area contributed by atoms with E-state index in [1.165, 1.54) is 15.8 Å². The van der Waals surface area contributed by atoms with E-state index < -0.39 is 35.7 Å². The maximum atomic E-state index is 14.3. The van der Waals surface area contributed by atoms with Gasteiger partial charge in [-0.2, -0.15) is 27.8 Å². The minimum absolute atomic E-state index is 0.0306. The molecule has 0 atom stereocenters. The monoisotopic (exact) mass is 735 g/mol. The van der Waals surface area contributed by atoms with Gasteiger partial charge in [-0.25, -0.2) is 14.5 Å². The number of aryl methyl sites for hydroxylation is 1. The molecule has 268 valence electrons. The minimum atomic E-state index is -4.62. The number of nitrogens with zero attached hydrogens (tertiary/aromatic N) is 10. The number of hydrogen-bond acceptors (Lipinski definition) is 10. The highest BCUT2D eigenvalue weighted by molar-refractivity contribution is 6.33. The van der Waals surface area contributed by atoms with Gasteiger partial charge in [0.15, 0.2) is 17.3 Å². The van der Waals surface area contributed by atoms with Crippen molar-refractivity contribution in [2.75, 3.05) is 36.4 Å². The number of pyridine rings is 1. The third-order valence-corrected chi connectivity index (χ3v) is 9.09. The fourth-order valence-electron chi connectivity index (χ4n) is 6.14. The predicted molar refractivity (Wildman–Crippen MR) is 182 cm³/mol. The van der Waals surface area contributed by atoms with Gasteiger partial charge in [-0.3, -0.25) is 14.4 Å². The first-order chi connectivity index (χ1) is 24.8. The van der Waals surface area contributed by atoms with Crippen LogP contribution in [0.25, 0.3) is 22.7 Å². The standard InChI is InChI=1S/C33H29ClF3N11O4/c1-3-24-27(44-10-12-45(13-11-44)30(51)26-28(50)18(2)38-17-39-26)31(52)48-32(42-29(43-48)19-7-9-47-21(14-19)6-8-40-47)46(24)16-25(49)41-23-5-4-20(15-22(23)34)33(35,36)37/h4-9,14-15,17,50H,3,10-13,16H2,1-2H3,(H,41,49). The third-order valence-electron chi connectivity index (χ3n) is 8.78. The van der Waals surface area contributed by atoms with Crippen molar-refractivity contribution in [3.8, 4) is 17.1 Å². The molecule has 2 amide bonds. The fraction of sp³-hybridized carbons (Fsp3) is 0.273. The molecule has 1 aromatic carbocycles. The number of aromatic hydroxyl groups is 1. The third kappa shape index (κ3) is 6.25. The first-order valence-corrected chi connectivity index (χ1v) is 16.4. The smallest absolute Gasteiger partial charge is 0.416 e. The SMILES string of the molecule is CCc1c(N2CCN(C(=O)c3ncnc(C)c3O)CC2)c(=O)n2nc(-c3ccn4nccc4c3)nc2n1CC(=O)Nc1ccc(C(F)(F)F)cc1Cl. The van der Waals surface area contributed by atoms with Crippen LogP contribution in [0.1, 0.15) is 34.4 Å². The Morgan fingerprint density at radius 2 is 1.83 bits per heavy atom. The van der Waals surface area contributed by atoms with E-state index in [1.54, 1.807) is 53.9 Å². The van der Waals surface area contributed by atoms with Crippen LogP contribution >= 0.6 is 11.6 Å². The summed E-state index contributed by atoms with van der Waals surface area (Å²) >= 11 is 6.13. The zero-order valence-electron chi connectivity index (χ0n) is 27.6. The number of carbonyl (C=O) groups is 2. The van der Waals surface area contributed by atoms with Gasteiger partial charge in [0.2, 0.25) is 11.7 Å². The molecule has 0 radical (unpaired) electrons. The van der Waals surface area contributed by atoms with E-state index in [9.17, 15) is 32.7 Å². The van der Waals surface area contributed by atoms with Crippen molar-refractivity contribution in [3.63, 3.8) is 0 Å². The number of benzene rings is 1. The Morgan fingerprint density at radius 3 is 2.54 bits per heavy atom. The second-order valence-corrected chi connectivity index (χ2v) is 12.4. The summed E-state index contributed by atoms with van der Waals surface area (Å²) in [5, 5.41) is 21.4. The van der Waals surface area contributed by atoms with Crippen LogP contribution in [0, 0.1) is 6.92 Å². The fourth-order valence-corrected chi connectivity index (χ4v) is 6.37. The quantitative estimate of drug-likeness (QED) is 0.246. The van der Waals surface area contributed by atoms with Crippen molar-refractivity contribution in [2.24, 2.45) is 0 Å². The normalized spacial score (nSPS) is 13.7. The number of amides is 2. The molecular weight excluding hydrogens is 707 g/mol. The average molecular weight is 736 g/mol. The van der Waals surface area contributed by atoms with E-state index in [1.807, 2.05) is 0 Å². The first kappa shape index (κ1) is 34.4. The Morgan fingerprint density at radius 1 is 1.06 bits per heavy atom. The number of aromatic nitrogens is 8. The van der Waals surface area contributed by atoms with Crippen LogP contribution in [0.5, 0.6) is 5.75 Å². The van der Waals surface area contributed by atoms with Crippen molar-refractivity contribution in [1.29, 1.82) is 0 Å². The zero-order chi connectivity index (χ0) is 36.9. The molecule has 2 N–H and O–H groups in total. The topological polar surface area (TPSA) is 168 Å². The number of piperazine rings is 1. The summed E-state index contributed by atoms with van der Waals surface area (Å²) in [5.41, 5.74) is 0.672. The number of carbonyl (C=O) groups excluding carboxylic acids is 2. The van der Waals surface area contributed by atoms with Gasteiger partial charge in [0, 0.05) is 44.1 Å². The second-order valence-electron chi connectivity index (χ2n) is 12.0. The average Bonchev–Trinajstić information content (AvgIpc) is 3.79. The van der Waals surface area contributed by atoms with Gasteiger partial charge in [0.25, 0.3) is 11.5 Å². The predicted octanol–water partition coefficient (Wildman–Crippen LogP) is 3.85. The molecule has 1 aliphatic rings. The van der Waals surface area contributed by atoms with Gasteiger partial charge in [-0.1, -0.05) is 18.5 Å². The summed E-state index contributed by atoms with van der Waals surface area (Å²) in [6.45, 7) is 3.77. The van der Waals surface area contributed by atoms with Crippen molar-refractivity contribution in [2.45, 2.75) is 33.0 Å². The Balaban J connectivity index is 1.26. The van der Waals surface area contributed by atoms with E-state index >= 15 is 0 Å². The molecular formula is C33H29ClF3N11O4. The van der Waals surface area contributed by atoms with Gasteiger partial charge in [0.05, 0.1) is 33.2 Å². The molecule has 0 bridgehead atoms. The number of anilines is 2. The van der Waals surface area contributed by atoms with E-state index in [0.29, 0.717) is 11.3 Å². The molecule has 1 saturated heterocycles. The zero-order valence-corrected chi connectivity index (χ0v) is 28.4. The van der Waals surface area contributed by atoms with Crippen LogP contribution in [-0.2, 0) is 23.9 Å². The highest BCUT2D eigenvalue weighted by Crippen LogP contribution is 2.34. The molecule has 0 saturated carbocycles. The van der Waals surface area contributed by atoms with Gasteiger partial charge in [0.1, 0.15) is 18.6 Å². The van der Waals surface area contributed by atoms with Crippen LogP contribution in [0.2, 0.25) is 5.02 Å². The van der Waals surface area contributed by atoms with Crippen molar-refractivity contribution >= 4 is 46.1 Å². The van der Waals surface area contributed by atoms with Crippen LogP contribution in [0.15, 0.2) is 59.9 Å². The molecule has 1 aliphatic heterocycles. The Labute approximate surface area is 296 Å². The number of nitrogens with one attached hydrogen (secondary N) is 1. The molecule has 0 aliphatic carbocycles.